The molecule has 0 bridgehead atoms. The van der Waals surface area contributed by atoms with E-state index in [0.717, 1.165) is 19.4 Å². The van der Waals surface area contributed by atoms with Gasteiger partial charge < -0.3 is 9.47 Å². The molecule has 0 aromatic rings. The van der Waals surface area contributed by atoms with Crippen molar-refractivity contribution in [2.75, 3.05) is 13.2 Å². The van der Waals surface area contributed by atoms with Crippen LogP contribution in [-0.4, -0.2) is 31.3 Å². The highest BCUT2D eigenvalue weighted by atomic mass is 16.7. The average molecular weight is 195 g/mol. The zero-order valence-electron chi connectivity index (χ0n) is 8.82. The molecule has 3 nitrogen and oxygen atoms in total. The van der Waals surface area contributed by atoms with Gasteiger partial charge in [0.1, 0.15) is 6.10 Å². The summed E-state index contributed by atoms with van der Waals surface area (Å²) >= 11 is 0. The number of nitrogens with zero attached hydrogens (tertiary/aromatic N) is 1. The molecule has 0 aromatic heterocycles. The van der Waals surface area contributed by atoms with Crippen molar-refractivity contribution in [2.45, 2.75) is 38.6 Å². The van der Waals surface area contributed by atoms with E-state index in [4.69, 9.17) is 15.9 Å². The molecule has 0 N–H and O–H groups in total. The largest absolute Gasteiger partial charge is 0.347 e. The Hall–Kier alpha value is -0.850. The molecule has 14 heavy (non-hydrogen) atoms. The topological polar surface area (TPSA) is 30.8 Å². The maximum atomic E-state index is 5.54. The van der Waals surface area contributed by atoms with Crippen LogP contribution in [0.4, 0.5) is 0 Å². The molecule has 1 heterocycles. The van der Waals surface area contributed by atoms with E-state index < -0.39 is 5.79 Å². The first kappa shape index (κ1) is 11.2. The van der Waals surface area contributed by atoms with Crippen LogP contribution in [0, 0.1) is 12.3 Å². The quantitative estimate of drug-likeness (QED) is 0.388. The smallest absolute Gasteiger partial charge is 0.163 e. The van der Waals surface area contributed by atoms with Crippen LogP contribution in [0.15, 0.2) is 4.99 Å². The molecular weight excluding hydrogens is 178 g/mol. The minimum atomic E-state index is -0.463. The van der Waals surface area contributed by atoms with Crippen molar-refractivity contribution in [2.24, 2.45) is 4.99 Å². The van der Waals surface area contributed by atoms with Crippen molar-refractivity contribution < 1.29 is 9.47 Å². The fraction of sp³-hybridized carbons (Fsp3) is 0.727. The Labute approximate surface area is 85.5 Å². The molecule has 3 heteroatoms. The van der Waals surface area contributed by atoms with Crippen LogP contribution in [0.1, 0.15) is 26.7 Å². The van der Waals surface area contributed by atoms with Gasteiger partial charge in [-0.15, -0.1) is 12.3 Å². The first-order chi connectivity index (χ1) is 6.64. The Kier molecular flexibility index (Phi) is 4.12. The molecule has 1 rings (SSSR count). The summed E-state index contributed by atoms with van der Waals surface area (Å²) in [5, 5.41) is 0. The second-order valence-corrected chi connectivity index (χ2v) is 3.73. The van der Waals surface area contributed by atoms with Crippen LogP contribution >= 0.6 is 0 Å². The zero-order valence-corrected chi connectivity index (χ0v) is 8.82. The van der Waals surface area contributed by atoms with Crippen molar-refractivity contribution in [1.82, 2.24) is 0 Å². The lowest BCUT2D eigenvalue weighted by molar-refractivity contribution is -0.130. The van der Waals surface area contributed by atoms with Gasteiger partial charge in [0.25, 0.3) is 0 Å². The molecule has 0 unspecified atom stereocenters. The Morgan fingerprint density at radius 3 is 3.00 bits per heavy atom. The lowest BCUT2D eigenvalue weighted by atomic mass is 10.3. The summed E-state index contributed by atoms with van der Waals surface area (Å²) < 4.78 is 10.9. The van der Waals surface area contributed by atoms with E-state index in [-0.39, 0.29) is 6.10 Å². The van der Waals surface area contributed by atoms with Crippen molar-refractivity contribution in [3.8, 4) is 12.3 Å². The van der Waals surface area contributed by atoms with Gasteiger partial charge in [0, 0.05) is 19.2 Å². The molecule has 0 radical (unpaired) electrons. The fourth-order valence-electron chi connectivity index (χ4n) is 1.25. The third-order valence-electron chi connectivity index (χ3n) is 1.91. The maximum absolute atomic E-state index is 5.54. The Bertz CT molecular complexity index is 240. The van der Waals surface area contributed by atoms with Crippen molar-refractivity contribution >= 4 is 6.21 Å². The fourth-order valence-corrected chi connectivity index (χ4v) is 1.25. The number of aliphatic imine (C=N–C) groups is 1. The molecule has 0 spiro atoms. The predicted octanol–water partition coefficient (Wildman–Crippen LogP) is 1.62. The number of ether oxygens (including phenoxy) is 2. The highest BCUT2D eigenvalue weighted by molar-refractivity contribution is 5.63. The molecule has 0 aliphatic carbocycles. The van der Waals surface area contributed by atoms with Crippen molar-refractivity contribution in [3.05, 3.63) is 0 Å². The first-order valence-electron chi connectivity index (χ1n) is 4.89. The molecule has 1 atom stereocenters. The van der Waals surface area contributed by atoms with Crippen LogP contribution in [0.5, 0.6) is 0 Å². The lowest BCUT2D eigenvalue weighted by Crippen LogP contribution is -2.22. The van der Waals surface area contributed by atoms with Crippen LogP contribution in [0.2, 0.25) is 0 Å². The number of hydrogen-bond donors (Lipinski definition) is 0. The van der Waals surface area contributed by atoms with Gasteiger partial charge in [-0.3, -0.25) is 4.99 Å². The predicted molar refractivity (Wildman–Crippen MR) is 56.3 cm³/mol. The maximum Gasteiger partial charge on any atom is 0.163 e. The second-order valence-electron chi connectivity index (χ2n) is 3.73. The van der Waals surface area contributed by atoms with E-state index in [2.05, 4.69) is 10.9 Å². The van der Waals surface area contributed by atoms with Crippen molar-refractivity contribution in [1.29, 1.82) is 0 Å². The molecule has 0 saturated carbocycles. The van der Waals surface area contributed by atoms with Gasteiger partial charge in [-0.05, 0) is 20.3 Å². The zero-order chi connectivity index (χ0) is 10.4. The molecule has 1 aliphatic rings. The average Bonchev–Trinajstić information content (AvgIpc) is 2.45. The number of hydrogen-bond acceptors (Lipinski definition) is 3. The van der Waals surface area contributed by atoms with Gasteiger partial charge in [-0.1, -0.05) is 0 Å². The van der Waals surface area contributed by atoms with E-state index in [9.17, 15) is 0 Å². The first-order valence-corrected chi connectivity index (χ1v) is 4.89. The molecule has 1 aliphatic heterocycles. The summed E-state index contributed by atoms with van der Waals surface area (Å²) in [5.41, 5.74) is 0. The highest BCUT2D eigenvalue weighted by Crippen LogP contribution is 2.20. The summed E-state index contributed by atoms with van der Waals surface area (Å²) in [4.78, 5) is 4.23. The molecule has 0 aromatic carbocycles. The van der Waals surface area contributed by atoms with Crippen LogP contribution in [-0.2, 0) is 9.47 Å². The van der Waals surface area contributed by atoms with Gasteiger partial charge in [-0.2, -0.15) is 0 Å². The van der Waals surface area contributed by atoms with Gasteiger partial charge in [-0.25, -0.2) is 0 Å². The molecule has 1 fully saturated rings. The van der Waals surface area contributed by atoms with E-state index >= 15 is 0 Å². The monoisotopic (exact) mass is 195 g/mol. The highest BCUT2D eigenvalue weighted by Gasteiger charge is 2.31. The van der Waals surface area contributed by atoms with Gasteiger partial charge >= 0.3 is 0 Å². The Balaban J connectivity index is 2.16. The van der Waals surface area contributed by atoms with E-state index in [1.807, 2.05) is 20.1 Å². The van der Waals surface area contributed by atoms with E-state index in [1.54, 1.807) is 0 Å². The summed E-state index contributed by atoms with van der Waals surface area (Å²) in [6.07, 6.45) is 8.65. The normalized spacial score (nSPS) is 25.4. The van der Waals surface area contributed by atoms with Gasteiger partial charge in [0.2, 0.25) is 0 Å². The second kappa shape index (κ2) is 5.14. The van der Waals surface area contributed by atoms with E-state index in [1.165, 1.54) is 0 Å². The van der Waals surface area contributed by atoms with Crippen molar-refractivity contribution in [3.63, 3.8) is 0 Å². The number of rotatable bonds is 4. The molecular formula is C11H17NO2. The summed E-state index contributed by atoms with van der Waals surface area (Å²) in [6, 6.07) is 0. The third-order valence-corrected chi connectivity index (χ3v) is 1.91. The Morgan fingerprint density at radius 1 is 1.64 bits per heavy atom. The van der Waals surface area contributed by atoms with Crippen LogP contribution < -0.4 is 0 Å². The number of terminal acetylenes is 1. The summed E-state index contributed by atoms with van der Waals surface area (Å²) in [6.45, 7) is 5.16. The van der Waals surface area contributed by atoms with Crippen LogP contribution in [0.25, 0.3) is 0 Å². The van der Waals surface area contributed by atoms with E-state index in [0.29, 0.717) is 6.61 Å². The van der Waals surface area contributed by atoms with Crippen LogP contribution in [0.3, 0.4) is 0 Å². The minimum absolute atomic E-state index is 0.00386. The number of unbranched alkanes of at least 4 members (excludes halogenated alkanes) is 1. The summed E-state index contributed by atoms with van der Waals surface area (Å²) in [5.74, 6) is 2.12. The molecule has 1 saturated heterocycles. The minimum Gasteiger partial charge on any atom is -0.347 e. The molecule has 0 amide bonds. The Morgan fingerprint density at radius 2 is 2.43 bits per heavy atom. The summed E-state index contributed by atoms with van der Waals surface area (Å²) in [7, 11) is 0. The lowest BCUT2D eigenvalue weighted by Gasteiger charge is -2.15. The standard InChI is InChI=1S/C11H17NO2/c1-4-5-6-7-12-8-10-9-13-11(2,3)14-10/h1,8,10H,5-7,9H2,2-3H3/t10-/m0/s1. The van der Waals surface area contributed by atoms with Gasteiger partial charge in [0.05, 0.1) is 6.61 Å². The molecule has 78 valence electrons. The third kappa shape index (κ3) is 3.91. The van der Waals surface area contributed by atoms with Gasteiger partial charge in [0.15, 0.2) is 5.79 Å². The SMILES string of the molecule is C#CCCCN=C[C@H]1COC(C)(C)O1.